The second-order valence-electron chi connectivity index (χ2n) is 3.56. The highest BCUT2D eigenvalue weighted by molar-refractivity contribution is 5.54. The van der Waals surface area contributed by atoms with E-state index in [4.69, 9.17) is 5.73 Å². The molecule has 6 heteroatoms. The molecule has 0 aliphatic rings. The smallest absolute Gasteiger partial charge is 0.323 e. The third-order valence-corrected chi connectivity index (χ3v) is 2.26. The van der Waals surface area contributed by atoms with Crippen molar-refractivity contribution < 1.29 is 13.2 Å². The average molecular weight is 229 g/mol. The molecule has 0 fully saturated rings. The number of alkyl halides is 3. The maximum atomic E-state index is 12.7. The molecule has 0 spiro atoms. The number of pyridine rings is 1. The number of fused-ring (bicyclic) bond motifs is 1. The predicted octanol–water partition coefficient (Wildman–Crippen LogP) is 2.37. The van der Waals surface area contributed by atoms with Crippen molar-refractivity contribution in [3.63, 3.8) is 0 Å². The Labute approximate surface area is 89.7 Å². The molecule has 0 aliphatic carbocycles. The minimum Gasteiger partial charge on any atom is -0.323 e. The van der Waals surface area contributed by atoms with E-state index in [-0.39, 0.29) is 5.69 Å². The van der Waals surface area contributed by atoms with E-state index in [1.54, 1.807) is 19.1 Å². The van der Waals surface area contributed by atoms with E-state index in [1.165, 1.54) is 12.3 Å². The van der Waals surface area contributed by atoms with Crippen LogP contribution in [0.15, 0.2) is 24.4 Å². The number of halogens is 3. The van der Waals surface area contributed by atoms with Crippen molar-refractivity contribution in [3.05, 3.63) is 35.9 Å². The Morgan fingerprint density at radius 2 is 2.06 bits per heavy atom. The Morgan fingerprint density at radius 1 is 1.38 bits per heavy atom. The van der Waals surface area contributed by atoms with Crippen molar-refractivity contribution in [3.8, 4) is 0 Å². The van der Waals surface area contributed by atoms with Crippen LogP contribution in [0.2, 0.25) is 0 Å². The molecule has 3 nitrogen and oxygen atoms in total. The van der Waals surface area contributed by atoms with Gasteiger partial charge in [-0.2, -0.15) is 13.2 Å². The minimum absolute atomic E-state index is 0.257. The summed E-state index contributed by atoms with van der Waals surface area (Å²) in [6.07, 6.45) is -3.14. The third kappa shape index (κ3) is 1.65. The lowest BCUT2D eigenvalue weighted by atomic mass is 10.2. The fourth-order valence-corrected chi connectivity index (χ4v) is 1.60. The molecule has 2 heterocycles. The fourth-order valence-electron chi connectivity index (χ4n) is 1.60. The van der Waals surface area contributed by atoms with Gasteiger partial charge in [0.05, 0.1) is 11.2 Å². The first-order valence-electron chi connectivity index (χ1n) is 4.71. The third-order valence-electron chi connectivity index (χ3n) is 2.26. The zero-order chi connectivity index (χ0) is 11.9. The van der Waals surface area contributed by atoms with Gasteiger partial charge in [0.15, 0.2) is 0 Å². The zero-order valence-corrected chi connectivity index (χ0v) is 8.49. The summed E-state index contributed by atoms with van der Waals surface area (Å²) in [6.45, 7) is 1.61. The van der Waals surface area contributed by atoms with Gasteiger partial charge in [0.2, 0.25) is 5.82 Å². The van der Waals surface area contributed by atoms with Crippen LogP contribution < -0.4 is 5.73 Å². The molecule has 0 aliphatic heterocycles. The number of nitrogens with zero attached hydrogens (tertiary/aromatic N) is 2. The van der Waals surface area contributed by atoms with Crippen LogP contribution in [0, 0.1) is 0 Å². The van der Waals surface area contributed by atoms with E-state index in [1.807, 2.05) is 0 Å². The lowest BCUT2D eigenvalue weighted by Gasteiger charge is -2.03. The van der Waals surface area contributed by atoms with Crippen LogP contribution in [-0.2, 0) is 6.18 Å². The van der Waals surface area contributed by atoms with Gasteiger partial charge < -0.3 is 5.73 Å². The van der Waals surface area contributed by atoms with Gasteiger partial charge in [-0.15, -0.1) is 0 Å². The highest BCUT2D eigenvalue weighted by atomic mass is 19.4. The van der Waals surface area contributed by atoms with Crippen LogP contribution in [0.4, 0.5) is 13.2 Å². The second kappa shape index (κ2) is 3.48. The summed E-state index contributed by atoms with van der Waals surface area (Å²) in [5.41, 5.74) is 6.24. The standard InChI is InChI=1S/C10H10F3N3/c1-6(14)8-7-4-2-3-5-16(7)9(15-8)10(11,12)13/h2-6H,14H2,1H3. The Hall–Kier alpha value is -1.56. The van der Waals surface area contributed by atoms with Crippen LogP contribution >= 0.6 is 0 Å². The summed E-state index contributed by atoms with van der Waals surface area (Å²) in [5.74, 6) is -0.935. The van der Waals surface area contributed by atoms with Gasteiger partial charge in [0.1, 0.15) is 0 Å². The second-order valence-corrected chi connectivity index (χ2v) is 3.56. The highest BCUT2D eigenvalue weighted by Gasteiger charge is 2.37. The minimum atomic E-state index is -4.47. The summed E-state index contributed by atoms with van der Waals surface area (Å²) in [6, 6.07) is 4.22. The molecule has 2 rings (SSSR count). The van der Waals surface area contributed by atoms with Gasteiger partial charge >= 0.3 is 6.18 Å². The predicted molar refractivity (Wildman–Crippen MR) is 52.8 cm³/mol. The van der Waals surface area contributed by atoms with Crippen molar-refractivity contribution in [1.82, 2.24) is 9.38 Å². The van der Waals surface area contributed by atoms with Crippen molar-refractivity contribution in [1.29, 1.82) is 0 Å². The molecule has 0 radical (unpaired) electrons. The first-order chi connectivity index (χ1) is 7.41. The van der Waals surface area contributed by atoms with Crippen LogP contribution in [0.25, 0.3) is 5.52 Å². The van der Waals surface area contributed by atoms with Crippen molar-refractivity contribution in [2.24, 2.45) is 5.73 Å². The average Bonchev–Trinajstić information content (AvgIpc) is 2.56. The van der Waals surface area contributed by atoms with Gasteiger partial charge in [0.25, 0.3) is 0 Å². The maximum absolute atomic E-state index is 12.7. The lowest BCUT2D eigenvalue weighted by Crippen LogP contribution is -2.11. The molecule has 0 aromatic carbocycles. The summed E-state index contributed by atoms with van der Waals surface area (Å²) >= 11 is 0. The largest absolute Gasteiger partial charge is 0.450 e. The number of hydrogen-bond acceptors (Lipinski definition) is 2. The number of nitrogens with two attached hydrogens (primary N) is 1. The van der Waals surface area contributed by atoms with Crippen molar-refractivity contribution in [2.45, 2.75) is 19.1 Å². The Balaban J connectivity index is 2.77. The first kappa shape index (κ1) is 10.9. The fraction of sp³-hybridized carbons (Fsp3) is 0.300. The molecule has 1 atom stereocenters. The molecular weight excluding hydrogens is 219 g/mol. The Morgan fingerprint density at radius 3 is 2.62 bits per heavy atom. The van der Waals surface area contributed by atoms with Crippen LogP contribution in [0.5, 0.6) is 0 Å². The number of aromatic nitrogens is 2. The molecule has 2 N–H and O–H groups in total. The molecule has 1 unspecified atom stereocenters. The zero-order valence-electron chi connectivity index (χ0n) is 8.49. The van der Waals surface area contributed by atoms with E-state index >= 15 is 0 Å². The van der Waals surface area contributed by atoms with Crippen LogP contribution in [-0.4, -0.2) is 9.38 Å². The Bertz CT molecular complexity index is 513. The number of imidazole rings is 1. The maximum Gasteiger partial charge on any atom is 0.450 e. The SMILES string of the molecule is CC(N)c1nc(C(F)(F)F)n2ccccc12. The van der Waals surface area contributed by atoms with Crippen molar-refractivity contribution >= 4 is 5.52 Å². The number of hydrogen-bond donors (Lipinski definition) is 1. The summed E-state index contributed by atoms with van der Waals surface area (Å²) in [4.78, 5) is 3.57. The quantitative estimate of drug-likeness (QED) is 0.815. The van der Waals surface area contributed by atoms with Gasteiger partial charge in [0, 0.05) is 12.2 Å². The molecule has 86 valence electrons. The lowest BCUT2D eigenvalue weighted by molar-refractivity contribution is -0.145. The highest BCUT2D eigenvalue weighted by Crippen LogP contribution is 2.31. The molecule has 2 aromatic heterocycles. The van der Waals surface area contributed by atoms with Gasteiger partial charge in [-0.05, 0) is 19.1 Å². The van der Waals surface area contributed by atoms with Crippen LogP contribution in [0.3, 0.4) is 0 Å². The number of rotatable bonds is 1. The molecule has 0 saturated heterocycles. The van der Waals surface area contributed by atoms with E-state index in [0.29, 0.717) is 5.52 Å². The van der Waals surface area contributed by atoms with E-state index < -0.39 is 18.0 Å². The molecular formula is C10H10F3N3. The van der Waals surface area contributed by atoms with E-state index in [0.717, 1.165) is 4.40 Å². The summed E-state index contributed by atoms with van der Waals surface area (Å²) in [5, 5.41) is 0. The van der Waals surface area contributed by atoms with E-state index in [2.05, 4.69) is 4.98 Å². The summed E-state index contributed by atoms with van der Waals surface area (Å²) < 4.78 is 39.0. The van der Waals surface area contributed by atoms with Crippen molar-refractivity contribution in [2.75, 3.05) is 0 Å². The normalized spacial score (nSPS) is 14.3. The van der Waals surface area contributed by atoms with E-state index in [9.17, 15) is 13.2 Å². The first-order valence-corrected chi connectivity index (χ1v) is 4.71. The topological polar surface area (TPSA) is 43.3 Å². The molecule has 16 heavy (non-hydrogen) atoms. The monoisotopic (exact) mass is 229 g/mol. The van der Waals surface area contributed by atoms with Gasteiger partial charge in [-0.1, -0.05) is 6.07 Å². The Kier molecular flexibility index (Phi) is 2.38. The molecule has 0 amide bonds. The molecule has 0 saturated carbocycles. The molecule has 2 aromatic rings. The summed E-state index contributed by atoms with van der Waals surface area (Å²) in [7, 11) is 0. The van der Waals surface area contributed by atoms with Crippen LogP contribution in [0.1, 0.15) is 24.5 Å². The molecule has 0 bridgehead atoms. The van der Waals surface area contributed by atoms with Gasteiger partial charge in [-0.25, -0.2) is 4.98 Å². The van der Waals surface area contributed by atoms with Gasteiger partial charge in [-0.3, -0.25) is 4.40 Å².